The molecule has 0 amide bonds. The lowest BCUT2D eigenvalue weighted by molar-refractivity contribution is -0.216. The molecule has 2 N–H and O–H groups in total. The molecule has 3 heterocycles. The molecule has 1 saturated carbocycles. The number of ether oxygens (including phenoxy) is 2. The summed E-state index contributed by atoms with van der Waals surface area (Å²) in [5, 5.41) is 33.1. The Morgan fingerprint density at radius 2 is 1.90 bits per heavy atom. The summed E-state index contributed by atoms with van der Waals surface area (Å²) in [6.45, 7) is 1.99. The number of aryl methyl sites for hydroxylation is 1. The van der Waals surface area contributed by atoms with Crippen molar-refractivity contribution < 1.29 is 46.9 Å². The molecule has 218 valence electrons. The van der Waals surface area contributed by atoms with Gasteiger partial charge < -0.3 is 24.5 Å². The van der Waals surface area contributed by atoms with Crippen LogP contribution in [0.25, 0.3) is 11.3 Å². The van der Waals surface area contributed by atoms with Gasteiger partial charge in [0.2, 0.25) is 5.92 Å². The van der Waals surface area contributed by atoms with Crippen molar-refractivity contribution in [2.75, 3.05) is 6.61 Å². The summed E-state index contributed by atoms with van der Waals surface area (Å²) < 4.78 is 68.9. The third-order valence-electron chi connectivity index (χ3n) is 7.86. The van der Waals surface area contributed by atoms with Gasteiger partial charge in [0, 0.05) is 38.2 Å². The molecule has 14 heteroatoms. The number of halogens is 4. The lowest BCUT2D eigenvalue weighted by Gasteiger charge is -2.43. The van der Waals surface area contributed by atoms with Crippen molar-refractivity contribution in [3.63, 3.8) is 0 Å². The molecule has 5 atom stereocenters. The molecule has 2 aromatic rings. The van der Waals surface area contributed by atoms with Crippen LogP contribution in [0.15, 0.2) is 23.5 Å². The van der Waals surface area contributed by atoms with Crippen molar-refractivity contribution in [1.82, 2.24) is 15.0 Å². The Hall–Kier alpha value is -3.10. The second-order valence-corrected chi connectivity index (χ2v) is 10.8. The van der Waals surface area contributed by atoms with Crippen molar-refractivity contribution in [3.05, 3.63) is 35.5 Å². The van der Waals surface area contributed by atoms with Gasteiger partial charge in [-0.15, -0.1) is 5.10 Å². The Labute approximate surface area is 226 Å². The van der Waals surface area contributed by atoms with Crippen LogP contribution in [-0.4, -0.2) is 79.4 Å². The highest BCUT2D eigenvalue weighted by molar-refractivity contribution is 5.86. The first kappa shape index (κ1) is 28.4. The Morgan fingerprint density at radius 3 is 2.58 bits per heavy atom. The normalized spacial score (nSPS) is 29.2. The number of esters is 1. The van der Waals surface area contributed by atoms with Crippen LogP contribution in [0.5, 0.6) is 0 Å². The molecule has 1 spiro atoms. The number of aliphatic hydroxyl groups is 2. The minimum absolute atomic E-state index is 0.0293. The van der Waals surface area contributed by atoms with Gasteiger partial charge in [0.1, 0.15) is 35.6 Å². The molecular weight excluding hydrogens is 540 g/mol. The van der Waals surface area contributed by atoms with E-state index in [1.165, 1.54) is 36.9 Å². The first-order valence-corrected chi connectivity index (χ1v) is 13.0. The highest BCUT2D eigenvalue weighted by Gasteiger charge is 2.52. The number of rotatable bonds is 6. The van der Waals surface area contributed by atoms with Crippen LogP contribution in [0.3, 0.4) is 0 Å². The number of aliphatic hydroxyl groups excluding tert-OH is 2. The Morgan fingerprint density at radius 1 is 1.18 bits per heavy atom. The van der Waals surface area contributed by atoms with E-state index in [0.717, 1.165) is 0 Å². The minimum atomic E-state index is -2.74. The number of hydrogen-bond donors (Lipinski definition) is 2. The number of oxime groups is 1. The molecule has 0 radical (unpaired) electrons. The highest BCUT2D eigenvalue weighted by Crippen LogP contribution is 2.45. The highest BCUT2D eigenvalue weighted by atomic mass is 19.3. The summed E-state index contributed by atoms with van der Waals surface area (Å²) in [6.07, 6.45) is -3.44. The molecule has 10 nitrogen and oxygen atoms in total. The molecule has 1 aliphatic carbocycles. The molecule has 0 unspecified atom stereocenters. The maximum atomic E-state index is 14.6. The number of hydrogen-bond acceptors (Lipinski definition) is 9. The average molecular weight is 571 g/mol. The third-order valence-corrected chi connectivity index (χ3v) is 7.86. The van der Waals surface area contributed by atoms with Gasteiger partial charge in [-0.3, -0.25) is 4.79 Å². The molecular formula is C26H30F4N4O6. The summed E-state index contributed by atoms with van der Waals surface area (Å²) in [7, 11) is 0. The number of carbonyl (C=O) groups excluding carboxylic acids is 1. The molecule has 0 bridgehead atoms. The van der Waals surface area contributed by atoms with E-state index < -0.39 is 66.2 Å². The summed E-state index contributed by atoms with van der Waals surface area (Å²) in [5.74, 6) is -5.58. The number of alkyl halides is 2. The van der Waals surface area contributed by atoms with Gasteiger partial charge in [-0.05, 0) is 31.4 Å². The summed E-state index contributed by atoms with van der Waals surface area (Å²) in [6, 6.07) is 1.60. The van der Waals surface area contributed by atoms with Gasteiger partial charge in [0.05, 0.1) is 18.5 Å². The smallest absolute Gasteiger partial charge is 0.303 e. The van der Waals surface area contributed by atoms with Crippen LogP contribution < -0.4 is 0 Å². The molecule has 1 aromatic heterocycles. The lowest BCUT2D eigenvalue weighted by Crippen LogP contribution is -2.57. The molecule has 5 rings (SSSR count). The van der Waals surface area contributed by atoms with Gasteiger partial charge in [-0.25, -0.2) is 22.2 Å². The number of aromatic nitrogens is 3. The van der Waals surface area contributed by atoms with Crippen LogP contribution in [0.2, 0.25) is 0 Å². The number of carbonyl (C=O) groups is 1. The zero-order chi connectivity index (χ0) is 28.8. The van der Waals surface area contributed by atoms with Crippen molar-refractivity contribution in [2.45, 2.75) is 94.4 Å². The van der Waals surface area contributed by atoms with Crippen molar-refractivity contribution >= 4 is 11.7 Å². The first-order valence-electron chi connectivity index (χ1n) is 13.0. The van der Waals surface area contributed by atoms with E-state index in [1.807, 2.05) is 0 Å². The zero-order valence-electron chi connectivity index (χ0n) is 21.9. The second kappa shape index (κ2) is 10.7. The summed E-state index contributed by atoms with van der Waals surface area (Å²) in [4.78, 5) is 17.7. The number of benzene rings is 1. The summed E-state index contributed by atoms with van der Waals surface area (Å²) >= 11 is 0. The molecule has 2 fully saturated rings. The van der Waals surface area contributed by atoms with Gasteiger partial charge in [-0.2, -0.15) is 0 Å². The Bertz CT molecular complexity index is 1290. The molecule has 2 aliphatic heterocycles. The predicted octanol–water partition coefficient (Wildman–Crippen LogP) is 3.24. The molecule has 1 saturated heterocycles. The fourth-order valence-electron chi connectivity index (χ4n) is 5.64. The van der Waals surface area contributed by atoms with Gasteiger partial charge in [0.25, 0.3) is 0 Å². The van der Waals surface area contributed by atoms with Crippen LogP contribution in [0, 0.1) is 18.6 Å². The predicted molar refractivity (Wildman–Crippen MR) is 130 cm³/mol. The number of nitrogens with zero attached hydrogens (tertiary/aromatic N) is 4. The van der Waals surface area contributed by atoms with Gasteiger partial charge in [-0.1, -0.05) is 16.4 Å². The van der Waals surface area contributed by atoms with E-state index in [0.29, 0.717) is 5.71 Å². The maximum absolute atomic E-state index is 14.6. The molecule has 1 aromatic carbocycles. The quantitative estimate of drug-likeness (QED) is 0.400. The monoisotopic (exact) mass is 570 g/mol. The second-order valence-electron chi connectivity index (χ2n) is 10.8. The van der Waals surface area contributed by atoms with Crippen molar-refractivity contribution in [1.29, 1.82) is 0 Å². The van der Waals surface area contributed by atoms with Crippen molar-refractivity contribution in [2.24, 2.45) is 5.16 Å². The van der Waals surface area contributed by atoms with E-state index in [1.54, 1.807) is 0 Å². The van der Waals surface area contributed by atoms with Gasteiger partial charge >= 0.3 is 5.97 Å². The topological polar surface area (TPSA) is 128 Å². The standard InChI is InChI=1S/C26H30F4N4O6/c1-13-3-4-16(21(28)20(13)27)17-11-34(33-31-17)22-23(37)19(12-35)39-18(24(22)38-14(2)36)9-15-10-25(40-32-15)5-7-26(29,30)8-6-25/h3-4,11,18-19,22-24,35,37H,5-10,12H2,1-2H3/t18-,19-,22+,23+,24+/m1/s1. The van der Waals surface area contributed by atoms with Crippen LogP contribution in [-0.2, 0) is 19.1 Å². The van der Waals surface area contributed by atoms with E-state index >= 15 is 0 Å². The average Bonchev–Trinajstić information content (AvgIpc) is 3.54. The molecule has 3 aliphatic rings. The zero-order valence-corrected chi connectivity index (χ0v) is 21.9. The first-order chi connectivity index (χ1) is 18.9. The Balaban J connectivity index is 1.41. The fraction of sp³-hybridized carbons (Fsp3) is 0.615. The fourth-order valence-corrected chi connectivity index (χ4v) is 5.64. The van der Waals surface area contributed by atoms with Crippen LogP contribution in [0.1, 0.15) is 57.1 Å². The summed E-state index contributed by atoms with van der Waals surface area (Å²) in [5.41, 5.74) is -0.420. The van der Waals surface area contributed by atoms with E-state index in [4.69, 9.17) is 14.3 Å². The Kier molecular flexibility index (Phi) is 7.61. The van der Waals surface area contributed by atoms with Gasteiger partial charge in [0.15, 0.2) is 17.7 Å². The molecule has 40 heavy (non-hydrogen) atoms. The largest absolute Gasteiger partial charge is 0.457 e. The lowest BCUT2D eigenvalue weighted by atomic mass is 9.79. The minimum Gasteiger partial charge on any atom is -0.457 e. The van der Waals surface area contributed by atoms with E-state index in [2.05, 4.69) is 15.5 Å². The van der Waals surface area contributed by atoms with Crippen LogP contribution in [0.4, 0.5) is 17.6 Å². The van der Waals surface area contributed by atoms with Crippen molar-refractivity contribution in [3.8, 4) is 11.3 Å². The van der Waals surface area contributed by atoms with E-state index in [-0.39, 0.29) is 55.3 Å². The van der Waals surface area contributed by atoms with E-state index in [9.17, 15) is 32.6 Å². The SMILES string of the molecule is CC(=O)O[C@@H]1[C@@H](n2cc(-c3ccc(C)c(F)c3F)nn2)[C@@H](O)[C@@H](CO)O[C@@H]1CC1=NOC2(CCC(F)(F)CC2)C1. The van der Waals surface area contributed by atoms with Crippen LogP contribution >= 0.6 is 0 Å². The maximum Gasteiger partial charge on any atom is 0.303 e. The third kappa shape index (κ3) is 5.44.